The number of hydrogen-bond acceptors (Lipinski definition) is 2. The Bertz CT molecular complexity index is 377. The highest BCUT2D eigenvalue weighted by atomic mass is 28.4. The van der Waals surface area contributed by atoms with E-state index in [-0.39, 0.29) is 0 Å². The lowest BCUT2D eigenvalue weighted by Crippen LogP contribution is -2.47. The second-order valence-corrected chi connectivity index (χ2v) is 24.8. The number of aliphatic carboxylic acids is 1. The van der Waals surface area contributed by atoms with Gasteiger partial charge in [-0.3, -0.25) is 4.79 Å². The molecule has 0 unspecified atom stereocenters. The van der Waals surface area contributed by atoms with Crippen LogP contribution in [0.15, 0.2) is 0 Å². The van der Waals surface area contributed by atoms with Crippen molar-refractivity contribution in [3.05, 3.63) is 0 Å². The number of hydrogen-bond donors (Lipinski definition) is 1. The first-order valence-corrected chi connectivity index (χ1v) is 20.2. The fourth-order valence-electron chi connectivity index (χ4n) is 4.05. The van der Waals surface area contributed by atoms with Gasteiger partial charge in [-0.1, -0.05) is 64.1 Å². The van der Waals surface area contributed by atoms with Crippen LogP contribution in [0.4, 0.5) is 0 Å². The molecule has 0 radical (unpaired) electrons. The predicted molar refractivity (Wildman–Crippen MR) is 118 cm³/mol. The Morgan fingerprint density at radius 2 is 1.20 bits per heavy atom. The molecule has 0 saturated carbocycles. The zero-order valence-electron chi connectivity index (χ0n) is 18.0. The van der Waals surface area contributed by atoms with E-state index in [1.165, 1.54) is 50.2 Å². The average Bonchev–Trinajstić information content (AvgIpc) is 2.36. The van der Waals surface area contributed by atoms with Gasteiger partial charge in [0.1, 0.15) is 0 Å². The van der Waals surface area contributed by atoms with Crippen molar-refractivity contribution in [2.24, 2.45) is 0 Å². The lowest BCUT2D eigenvalue weighted by atomic mass is 10.1. The van der Waals surface area contributed by atoms with Crippen molar-refractivity contribution in [3.8, 4) is 0 Å². The summed E-state index contributed by atoms with van der Waals surface area (Å²) in [5, 5.41) is 8.60. The Hall–Kier alpha value is 0.0806. The molecule has 0 rings (SSSR count). The van der Waals surface area contributed by atoms with Crippen LogP contribution in [0.5, 0.6) is 0 Å². The van der Waals surface area contributed by atoms with E-state index in [4.69, 9.17) is 9.22 Å². The largest absolute Gasteiger partial charge is 0.481 e. The Morgan fingerprint density at radius 3 is 1.64 bits per heavy atom. The minimum atomic E-state index is -1.49. The van der Waals surface area contributed by atoms with Gasteiger partial charge in [0.15, 0.2) is 16.6 Å². The third-order valence-electron chi connectivity index (χ3n) is 4.48. The van der Waals surface area contributed by atoms with E-state index in [2.05, 4.69) is 45.8 Å². The molecule has 0 spiro atoms. The molecule has 0 heterocycles. The molecule has 0 aromatic heterocycles. The molecular weight excluding hydrogens is 360 g/mol. The Balaban J connectivity index is 3.77. The van der Waals surface area contributed by atoms with E-state index in [1.807, 2.05) is 0 Å². The molecule has 0 aromatic carbocycles. The molecule has 0 aromatic rings. The fourth-order valence-corrected chi connectivity index (χ4v) is 22.7. The second-order valence-electron chi connectivity index (χ2n) is 10.0. The molecule has 0 amide bonds. The van der Waals surface area contributed by atoms with Gasteiger partial charge in [-0.15, -0.1) is 0 Å². The van der Waals surface area contributed by atoms with Gasteiger partial charge in [0.2, 0.25) is 0 Å². The minimum Gasteiger partial charge on any atom is -0.481 e. The quantitative estimate of drug-likeness (QED) is 0.239. The highest BCUT2D eigenvalue weighted by Crippen LogP contribution is 2.28. The predicted octanol–water partition coefficient (Wildman–Crippen LogP) is 6.89. The van der Waals surface area contributed by atoms with Crippen molar-refractivity contribution >= 4 is 30.7 Å². The summed E-state index contributed by atoms with van der Waals surface area (Å²) in [5.41, 5.74) is 1.40. The zero-order valence-corrected chi connectivity index (χ0v) is 21.0. The van der Waals surface area contributed by atoms with Crippen LogP contribution in [0.25, 0.3) is 0 Å². The summed E-state index contributed by atoms with van der Waals surface area (Å²) in [7, 11) is -4.04. The van der Waals surface area contributed by atoms with Gasteiger partial charge in [0.05, 0.1) is 0 Å². The van der Waals surface area contributed by atoms with Crippen LogP contribution in [0.2, 0.25) is 57.5 Å². The molecule has 6 heteroatoms. The van der Waals surface area contributed by atoms with Crippen molar-refractivity contribution in [1.82, 2.24) is 0 Å². The van der Waals surface area contributed by atoms with Gasteiger partial charge in [-0.05, 0) is 44.8 Å². The molecule has 0 aliphatic carbocycles. The normalized spacial score (nSPS) is 13.2. The van der Waals surface area contributed by atoms with Gasteiger partial charge in [0.25, 0.3) is 0 Å². The molecule has 0 saturated heterocycles. The highest BCUT2D eigenvalue weighted by Gasteiger charge is 2.36. The van der Waals surface area contributed by atoms with E-state index in [0.29, 0.717) is 6.42 Å². The van der Waals surface area contributed by atoms with Gasteiger partial charge in [-0.25, -0.2) is 0 Å². The third-order valence-corrected chi connectivity index (χ3v) is 18.1. The highest BCUT2D eigenvalue weighted by molar-refractivity contribution is 6.95. The maximum atomic E-state index is 10.4. The van der Waals surface area contributed by atoms with Crippen molar-refractivity contribution in [2.45, 2.75) is 115 Å². The van der Waals surface area contributed by atoms with E-state index in [0.717, 1.165) is 12.8 Å². The van der Waals surface area contributed by atoms with Crippen LogP contribution in [0.3, 0.4) is 0 Å². The average molecular weight is 405 g/mol. The molecule has 3 nitrogen and oxygen atoms in total. The summed E-state index contributed by atoms with van der Waals surface area (Å²) in [6, 6.07) is 1.44. The van der Waals surface area contributed by atoms with Crippen molar-refractivity contribution in [2.75, 3.05) is 0 Å². The van der Waals surface area contributed by atoms with Crippen molar-refractivity contribution in [1.29, 1.82) is 0 Å². The molecule has 0 aliphatic rings. The zero-order chi connectivity index (χ0) is 19.6. The van der Waals surface area contributed by atoms with Crippen LogP contribution < -0.4 is 0 Å². The fraction of sp³-hybridized carbons (Fsp3) is 0.947. The number of carboxylic acid groups (broad SMARTS) is 1. The lowest BCUT2D eigenvalue weighted by Gasteiger charge is -2.37. The van der Waals surface area contributed by atoms with Gasteiger partial charge < -0.3 is 9.22 Å². The van der Waals surface area contributed by atoms with E-state index in [9.17, 15) is 4.79 Å². The summed E-state index contributed by atoms with van der Waals surface area (Å²) in [6.07, 6.45) is 10.1. The molecule has 0 bridgehead atoms. The monoisotopic (exact) mass is 404 g/mol. The molecule has 0 aliphatic heterocycles. The first-order chi connectivity index (χ1) is 11.3. The van der Waals surface area contributed by atoms with Crippen LogP contribution in [0, 0.1) is 0 Å². The minimum absolute atomic E-state index is 0.334. The van der Waals surface area contributed by atoms with Gasteiger partial charge in [-0.2, -0.15) is 0 Å². The van der Waals surface area contributed by atoms with Crippen LogP contribution in [0.1, 0.15) is 57.8 Å². The Morgan fingerprint density at radius 1 is 0.760 bits per heavy atom. The molecular formula is C19H44O3Si3. The maximum Gasteiger partial charge on any atom is 0.303 e. The second kappa shape index (κ2) is 11.7. The van der Waals surface area contributed by atoms with Crippen molar-refractivity contribution in [3.63, 3.8) is 0 Å². The standard InChI is InChI=1S/C19H44O3Si3/c1-23(2,3)22-25(6,7)18-24(4,5)17-15-13-11-9-8-10-12-14-16-19(20)21/h8-18H2,1-7H3,(H,20,21). The topological polar surface area (TPSA) is 46.5 Å². The van der Waals surface area contributed by atoms with Crippen LogP contribution in [-0.4, -0.2) is 35.8 Å². The number of carboxylic acids is 1. The smallest absolute Gasteiger partial charge is 0.303 e. The summed E-state index contributed by atoms with van der Waals surface area (Å²) in [5.74, 6) is -0.659. The van der Waals surface area contributed by atoms with Crippen molar-refractivity contribution < 1.29 is 14.0 Å². The molecule has 1 N–H and O–H groups in total. The van der Waals surface area contributed by atoms with E-state index < -0.39 is 30.7 Å². The van der Waals surface area contributed by atoms with E-state index in [1.54, 1.807) is 0 Å². The first kappa shape index (κ1) is 25.1. The van der Waals surface area contributed by atoms with E-state index >= 15 is 0 Å². The Kier molecular flexibility index (Phi) is 11.8. The summed E-state index contributed by atoms with van der Waals surface area (Å²) in [6.45, 7) is 16.9. The number of unbranched alkanes of at least 4 members (excludes halogenated alkanes) is 7. The van der Waals surface area contributed by atoms with Crippen LogP contribution >= 0.6 is 0 Å². The number of carbonyl (C=O) groups is 1. The summed E-state index contributed by atoms with van der Waals surface area (Å²) >= 11 is 0. The molecule has 25 heavy (non-hydrogen) atoms. The van der Waals surface area contributed by atoms with Crippen LogP contribution in [-0.2, 0) is 8.91 Å². The van der Waals surface area contributed by atoms with Gasteiger partial charge >= 0.3 is 5.97 Å². The number of rotatable bonds is 15. The molecule has 0 fully saturated rings. The SMILES string of the molecule is C[Si](C)(CCCCCCCCCCC(=O)O)C[Si](C)(C)O[Si](C)(C)C. The van der Waals surface area contributed by atoms with Gasteiger partial charge in [0, 0.05) is 14.5 Å². The first-order valence-electron chi connectivity index (χ1n) is 10.3. The lowest BCUT2D eigenvalue weighted by molar-refractivity contribution is -0.137. The third kappa shape index (κ3) is 17.3. The summed E-state index contributed by atoms with van der Waals surface area (Å²) < 4.78 is 6.54. The maximum absolute atomic E-state index is 10.4. The molecule has 150 valence electrons. The Labute approximate surface area is 160 Å². The summed E-state index contributed by atoms with van der Waals surface area (Å²) in [4.78, 5) is 10.4. The molecule has 0 atom stereocenters.